The number of nitrogens with zero attached hydrogens (tertiary/aromatic N) is 2. The van der Waals surface area contributed by atoms with Crippen LogP contribution in [0.25, 0.3) is 0 Å². The lowest BCUT2D eigenvalue weighted by Crippen LogP contribution is -2.48. The SMILES string of the molecule is CCSCCC(=O)NCC(C)CN1CCN(CC)CC1. The van der Waals surface area contributed by atoms with Gasteiger partial charge < -0.3 is 15.1 Å². The summed E-state index contributed by atoms with van der Waals surface area (Å²) in [4.78, 5) is 16.7. The topological polar surface area (TPSA) is 35.6 Å². The summed E-state index contributed by atoms with van der Waals surface area (Å²) in [5.41, 5.74) is 0. The largest absolute Gasteiger partial charge is 0.356 e. The molecule has 0 bridgehead atoms. The van der Waals surface area contributed by atoms with Crippen molar-refractivity contribution < 1.29 is 4.79 Å². The van der Waals surface area contributed by atoms with Crippen LogP contribution in [-0.4, -0.2) is 73.0 Å². The maximum atomic E-state index is 11.7. The second kappa shape index (κ2) is 10.5. The van der Waals surface area contributed by atoms with Crippen LogP contribution in [0.15, 0.2) is 0 Å². The third kappa shape index (κ3) is 7.50. The van der Waals surface area contributed by atoms with Crippen LogP contribution in [-0.2, 0) is 4.79 Å². The molecule has 0 aromatic rings. The first-order valence-corrected chi connectivity index (χ1v) is 9.10. The van der Waals surface area contributed by atoms with Crippen molar-refractivity contribution in [3.8, 4) is 0 Å². The molecule has 1 aliphatic heterocycles. The van der Waals surface area contributed by atoms with Gasteiger partial charge in [-0.15, -0.1) is 0 Å². The highest BCUT2D eigenvalue weighted by Crippen LogP contribution is 2.05. The summed E-state index contributed by atoms with van der Waals surface area (Å²) < 4.78 is 0. The van der Waals surface area contributed by atoms with Crippen LogP contribution in [0.1, 0.15) is 27.2 Å². The minimum Gasteiger partial charge on any atom is -0.356 e. The lowest BCUT2D eigenvalue weighted by atomic mass is 10.1. The second-order valence-corrected chi connectivity index (χ2v) is 6.98. The molecule has 0 aromatic heterocycles. The Balaban J connectivity index is 2.08. The number of thioether (sulfide) groups is 1. The van der Waals surface area contributed by atoms with Crippen molar-refractivity contribution in [2.75, 3.05) is 57.3 Å². The second-order valence-electron chi connectivity index (χ2n) is 5.59. The number of amides is 1. The molecule has 1 unspecified atom stereocenters. The molecule has 5 heteroatoms. The molecule has 1 heterocycles. The van der Waals surface area contributed by atoms with Gasteiger partial charge in [-0.05, 0) is 18.2 Å². The lowest BCUT2D eigenvalue weighted by molar-refractivity contribution is -0.120. The molecular formula is C15H31N3OS. The van der Waals surface area contributed by atoms with Gasteiger partial charge in [0.2, 0.25) is 5.91 Å². The Morgan fingerprint density at radius 1 is 1.20 bits per heavy atom. The van der Waals surface area contributed by atoms with E-state index in [1.54, 1.807) is 0 Å². The van der Waals surface area contributed by atoms with Crippen LogP contribution in [0.5, 0.6) is 0 Å². The molecule has 1 aliphatic rings. The minimum atomic E-state index is 0.202. The highest BCUT2D eigenvalue weighted by molar-refractivity contribution is 7.99. The van der Waals surface area contributed by atoms with Crippen molar-refractivity contribution in [3.05, 3.63) is 0 Å². The van der Waals surface area contributed by atoms with E-state index in [0.29, 0.717) is 12.3 Å². The summed E-state index contributed by atoms with van der Waals surface area (Å²) in [6.45, 7) is 14.4. The maximum Gasteiger partial charge on any atom is 0.220 e. The molecule has 118 valence electrons. The molecule has 1 rings (SSSR count). The van der Waals surface area contributed by atoms with Crippen LogP contribution in [0.4, 0.5) is 0 Å². The molecule has 0 saturated carbocycles. The Morgan fingerprint density at radius 3 is 2.45 bits per heavy atom. The number of hydrogen-bond acceptors (Lipinski definition) is 4. The Kier molecular flexibility index (Phi) is 9.31. The van der Waals surface area contributed by atoms with Gasteiger partial charge in [0.1, 0.15) is 0 Å². The van der Waals surface area contributed by atoms with E-state index in [1.165, 1.54) is 26.2 Å². The quantitative estimate of drug-likeness (QED) is 0.655. The lowest BCUT2D eigenvalue weighted by Gasteiger charge is -2.35. The molecule has 1 N–H and O–H groups in total. The van der Waals surface area contributed by atoms with Crippen LogP contribution in [0.3, 0.4) is 0 Å². The Bertz CT molecular complexity index is 268. The first-order chi connectivity index (χ1) is 9.65. The van der Waals surface area contributed by atoms with E-state index in [1.807, 2.05) is 11.8 Å². The monoisotopic (exact) mass is 301 g/mol. The van der Waals surface area contributed by atoms with Gasteiger partial charge in [0.15, 0.2) is 0 Å². The highest BCUT2D eigenvalue weighted by atomic mass is 32.2. The van der Waals surface area contributed by atoms with Crippen molar-refractivity contribution in [1.82, 2.24) is 15.1 Å². The first-order valence-electron chi connectivity index (χ1n) is 7.94. The van der Waals surface area contributed by atoms with E-state index in [9.17, 15) is 4.79 Å². The van der Waals surface area contributed by atoms with E-state index in [2.05, 4.69) is 35.9 Å². The number of carbonyl (C=O) groups excluding carboxylic acids is 1. The number of hydrogen-bond donors (Lipinski definition) is 1. The van der Waals surface area contributed by atoms with Crippen molar-refractivity contribution in [2.45, 2.75) is 27.2 Å². The standard InChI is InChI=1S/C15H31N3OS/c1-4-17-7-9-18(10-8-17)13-14(3)12-16-15(19)6-11-20-5-2/h14H,4-13H2,1-3H3,(H,16,19). The third-order valence-electron chi connectivity index (χ3n) is 3.81. The minimum absolute atomic E-state index is 0.202. The molecule has 4 nitrogen and oxygen atoms in total. The maximum absolute atomic E-state index is 11.7. The van der Waals surface area contributed by atoms with Gasteiger partial charge in [0.25, 0.3) is 0 Å². The zero-order valence-corrected chi connectivity index (χ0v) is 14.2. The molecule has 1 saturated heterocycles. The fraction of sp³-hybridized carbons (Fsp3) is 0.933. The summed E-state index contributed by atoms with van der Waals surface area (Å²) in [7, 11) is 0. The van der Waals surface area contributed by atoms with Gasteiger partial charge >= 0.3 is 0 Å². The number of rotatable bonds is 9. The molecule has 20 heavy (non-hydrogen) atoms. The van der Waals surface area contributed by atoms with Crippen LogP contribution >= 0.6 is 11.8 Å². The van der Waals surface area contributed by atoms with Gasteiger partial charge in [-0.1, -0.05) is 20.8 Å². The molecule has 0 aromatic carbocycles. The van der Waals surface area contributed by atoms with Crippen LogP contribution < -0.4 is 5.32 Å². The Hall–Kier alpha value is -0.260. The zero-order valence-electron chi connectivity index (χ0n) is 13.4. The smallest absolute Gasteiger partial charge is 0.220 e. The predicted octanol–water partition coefficient (Wildman–Crippen LogP) is 1.52. The van der Waals surface area contributed by atoms with Crippen molar-refractivity contribution in [3.63, 3.8) is 0 Å². The summed E-state index contributed by atoms with van der Waals surface area (Å²) in [5, 5.41) is 3.06. The fourth-order valence-electron chi connectivity index (χ4n) is 2.48. The van der Waals surface area contributed by atoms with E-state index in [0.717, 1.165) is 31.1 Å². The fourth-order valence-corrected chi connectivity index (χ4v) is 3.10. The van der Waals surface area contributed by atoms with Crippen LogP contribution in [0, 0.1) is 5.92 Å². The van der Waals surface area contributed by atoms with Gasteiger partial charge in [0.05, 0.1) is 0 Å². The summed E-state index contributed by atoms with van der Waals surface area (Å²) in [6.07, 6.45) is 0.653. The van der Waals surface area contributed by atoms with E-state index in [4.69, 9.17) is 0 Å². The Labute approximate surface area is 128 Å². The number of likely N-dealkylation sites (N-methyl/N-ethyl adjacent to an activating group) is 1. The van der Waals surface area contributed by atoms with E-state index < -0.39 is 0 Å². The Morgan fingerprint density at radius 2 is 1.85 bits per heavy atom. The highest BCUT2D eigenvalue weighted by Gasteiger charge is 2.17. The van der Waals surface area contributed by atoms with Gasteiger partial charge in [0, 0.05) is 51.4 Å². The first kappa shape index (κ1) is 17.8. The average molecular weight is 302 g/mol. The number of carbonyl (C=O) groups is 1. The molecule has 1 fully saturated rings. The van der Waals surface area contributed by atoms with Crippen molar-refractivity contribution >= 4 is 17.7 Å². The molecular weight excluding hydrogens is 270 g/mol. The zero-order chi connectivity index (χ0) is 14.8. The van der Waals surface area contributed by atoms with E-state index in [-0.39, 0.29) is 5.91 Å². The van der Waals surface area contributed by atoms with Gasteiger partial charge in [-0.25, -0.2) is 0 Å². The summed E-state index contributed by atoms with van der Waals surface area (Å²) in [6, 6.07) is 0. The van der Waals surface area contributed by atoms with Gasteiger partial charge in [-0.3, -0.25) is 4.79 Å². The normalized spacial score (nSPS) is 18.9. The predicted molar refractivity (Wildman–Crippen MR) is 88.3 cm³/mol. The van der Waals surface area contributed by atoms with Crippen molar-refractivity contribution in [2.24, 2.45) is 5.92 Å². The summed E-state index contributed by atoms with van der Waals surface area (Å²) >= 11 is 1.83. The molecule has 1 atom stereocenters. The molecule has 0 spiro atoms. The molecule has 0 aliphatic carbocycles. The third-order valence-corrected chi connectivity index (χ3v) is 4.71. The average Bonchev–Trinajstić information content (AvgIpc) is 2.46. The number of nitrogens with one attached hydrogen (secondary N) is 1. The van der Waals surface area contributed by atoms with Crippen LogP contribution in [0.2, 0.25) is 0 Å². The molecule has 0 radical (unpaired) electrons. The van der Waals surface area contributed by atoms with Crippen molar-refractivity contribution in [1.29, 1.82) is 0 Å². The summed E-state index contributed by atoms with van der Waals surface area (Å²) in [5.74, 6) is 2.77. The van der Waals surface area contributed by atoms with E-state index >= 15 is 0 Å². The number of piperazine rings is 1. The molecule has 1 amide bonds. The van der Waals surface area contributed by atoms with Gasteiger partial charge in [-0.2, -0.15) is 11.8 Å².